The van der Waals surface area contributed by atoms with Crippen LogP contribution in [0, 0.1) is 12.8 Å². The lowest BCUT2D eigenvalue weighted by Gasteiger charge is -2.21. The van der Waals surface area contributed by atoms with Gasteiger partial charge in [-0.3, -0.25) is 4.21 Å². The molecule has 3 heteroatoms. The summed E-state index contributed by atoms with van der Waals surface area (Å²) < 4.78 is 12.3. The zero-order chi connectivity index (χ0) is 12.3. The van der Waals surface area contributed by atoms with Crippen molar-refractivity contribution in [3.63, 3.8) is 0 Å². The zero-order valence-corrected chi connectivity index (χ0v) is 11.3. The predicted molar refractivity (Wildman–Crippen MR) is 73.4 cm³/mol. The number of hydrogen-bond donors (Lipinski definition) is 1. The summed E-state index contributed by atoms with van der Waals surface area (Å²) in [6.07, 6.45) is 6.44. The number of hydrogen-bond acceptors (Lipinski definition) is 2. The van der Waals surface area contributed by atoms with Crippen molar-refractivity contribution in [1.29, 1.82) is 0 Å². The number of benzene rings is 1. The Hall–Kier alpha value is -0.830. The molecule has 0 heterocycles. The molecule has 2 rings (SSSR count). The first-order valence-electron chi connectivity index (χ1n) is 6.41. The Morgan fingerprint density at radius 3 is 2.71 bits per heavy atom. The lowest BCUT2D eigenvalue weighted by atomic mass is 9.91. The Balaban J connectivity index is 2.05. The first kappa shape index (κ1) is 12.6. The molecule has 0 saturated heterocycles. The summed E-state index contributed by atoms with van der Waals surface area (Å²) in [6, 6.07) is 5.70. The lowest BCUT2D eigenvalue weighted by molar-refractivity contribution is 0.388. The summed E-state index contributed by atoms with van der Waals surface area (Å²) in [5, 5.41) is 0. The maximum absolute atomic E-state index is 12.3. The summed E-state index contributed by atoms with van der Waals surface area (Å²) in [5.41, 5.74) is 7.57. The highest BCUT2D eigenvalue weighted by Gasteiger charge is 2.18. The Bertz CT molecular complexity index is 411. The van der Waals surface area contributed by atoms with Crippen molar-refractivity contribution in [3.8, 4) is 0 Å². The number of aryl methyl sites for hydroxylation is 1. The first-order valence-corrected chi connectivity index (χ1v) is 7.73. The van der Waals surface area contributed by atoms with E-state index in [2.05, 4.69) is 0 Å². The average molecular weight is 251 g/mol. The van der Waals surface area contributed by atoms with Crippen LogP contribution in [0.2, 0.25) is 0 Å². The standard InChI is InChI=1S/C14H21NOS/c1-11-7-8-13(15)9-14(11)17(16)10-12-5-3-2-4-6-12/h7-9,12H,2-6,10,15H2,1H3. The number of nitrogen functional groups attached to an aromatic ring is 1. The SMILES string of the molecule is Cc1ccc(N)cc1S(=O)CC1CCCCC1. The van der Waals surface area contributed by atoms with Gasteiger partial charge in [0.05, 0.1) is 10.8 Å². The minimum Gasteiger partial charge on any atom is -0.399 e. The van der Waals surface area contributed by atoms with E-state index < -0.39 is 10.8 Å². The Morgan fingerprint density at radius 1 is 1.29 bits per heavy atom. The van der Waals surface area contributed by atoms with Crippen molar-refractivity contribution in [2.75, 3.05) is 11.5 Å². The molecule has 0 radical (unpaired) electrons. The molecule has 1 atom stereocenters. The van der Waals surface area contributed by atoms with Gasteiger partial charge in [-0.2, -0.15) is 0 Å². The lowest BCUT2D eigenvalue weighted by Crippen LogP contribution is -2.15. The third-order valence-electron chi connectivity index (χ3n) is 3.57. The van der Waals surface area contributed by atoms with Gasteiger partial charge in [-0.15, -0.1) is 0 Å². The van der Waals surface area contributed by atoms with Crippen LogP contribution in [0.5, 0.6) is 0 Å². The van der Waals surface area contributed by atoms with E-state index in [1.165, 1.54) is 32.1 Å². The monoisotopic (exact) mass is 251 g/mol. The van der Waals surface area contributed by atoms with Crippen LogP contribution in [0.15, 0.2) is 23.1 Å². The van der Waals surface area contributed by atoms with Crippen molar-refractivity contribution >= 4 is 16.5 Å². The quantitative estimate of drug-likeness (QED) is 0.838. The summed E-state index contributed by atoms with van der Waals surface area (Å²) >= 11 is 0. The fourth-order valence-electron chi connectivity index (χ4n) is 2.52. The van der Waals surface area contributed by atoms with Crippen LogP contribution in [-0.2, 0) is 10.8 Å². The third-order valence-corrected chi connectivity index (χ3v) is 5.27. The molecule has 1 saturated carbocycles. The molecule has 0 aliphatic heterocycles. The van der Waals surface area contributed by atoms with Crippen LogP contribution in [0.3, 0.4) is 0 Å². The van der Waals surface area contributed by atoms with E-state index in [1.54, 1.807) is 0 Å². The highest BCUT2D eigenvalue weighted by molar-refractivity contribution is 7.85. The molecule has 2 nitrogen and oxygen atoms in total. The van der Waals surface area contributed by atoms with Crippen LogP contribution in [0.4, 0.5) is 5.69 Å². The van der Waals surface area contributed by atoms with Gasteiger partial charge in [0.2, 0.25) is 0 Å². The van der Waals surface area contributed by atoms with E-state index in [0.29, 0.717) is 11.6 Å². The first-order chi connectivity index (χ1) is 8.16. The molecule has 2 N–H and O–H groups in total. The van der Waals surface area contributed by atoms with Crippen molar-refractivity contribution < 1.29 is 4.21 Å². The summed E-state index contributed by atoms with van der Waals surface area (Å²) in [4.78, 5) is 0.926. The number of rotatable bonds is 3. The van der Waals surface area contributed by atoms with Crippen LogP contribution < -0.4 is 5.73 Å². The molecular weight excluding hydrogens is 230 g/mol. The highest BCUT2D eigenvalue weighted by atomic mass is 32.2. The van der Waals surface area contributed by atoms with E-state index in [0.717, 1.165) is 16.2 Å². The molecule has 0 bridgehead atoms. The second-order valence-corrected chi connectivity index (χ2v) is 6.51. The van der Waals surface area contributed by atoms with E-state index in [4.69, 9.17) is 5.73 Å². The second-order valence-electron chi connectivity index (χ2n) is 5.04. The molecule has 0 amide bonds. The van der Waals surface area contributed by atoms with Crippen molar-refractivity contribution in [3.05, 3.63) is 23.8 Å². The summed E-state index contributed by atoms with van der Waals surface area (Å²) in [6.45, 7) is 2.01. The molecule has 94 valence electrons. The molecule has 1 aliphatic carbocycles. The zero-order valence-electron chi connectivity index (χ0n) is 10.4. The molecular formula is C14H21NOS. The minimum absolute atomic E-state index is 0.644. The molecule has 1 fully saturated rings. The van der Waals surface area contributed by atoms with E-state index in [9.17, 15) is 4.21 Å². The van der Waals surface area contributed by atoms with Crippen molar-refractivity contribution in [2.45, 2.75) is 43.9 Å². The average Bonchev–Trinajstić information content (AvgIpc) is 2.33. The maximum atomic E-state index is 12.3. The number of anilines is 1. The van der Waals surface area contributed by atoms with Crippen molar-refractivity contribution in [2.24, 2.45) is 5.92 Å². The summed E-state index contributed by atoms with van der Waals surface area (Å²) in [7, 11) is -0.883. The summed E-state index contributed by atoms with van der Waals surface area (Å²) in [5.74, 6) is 1.45. The second kappa shape index (κ2) is 5.67. The van der Waals surface area contributed by atoms with Gasteiger partial charge in [-0.1, -0.05) is 25.3 Å². The van der Waals surface area contributed by atoms with Gasteiger partial charge in [-0.05, 0) is 43.4 Å². The highest BCUT2D eigenvalue weighted by Crippen LogP contribution is 2.26. The van der Waals surface area contributed by atoms with Crippen LogP contribution in [0.1, 0.15) is 37.7 Å². The fraction of sp³-hybridized carbons (Fsp3) is 0.571. The van der Waals surface area contributed by atoms with E-state index in [-0.39, 0.29) is 0 Å². The Kier molecular flexibility index (Phi) is 4.21. The van der Waals surface area contributed by atoms with E-state index in [1.807, 2.05) is 25.1 Å². The topological polar surface area (TPSA) is 43.1 Å². The van der Waals surface area contributed by atoms with Crippen molar-refractivity contribution in [1.82, 2.24) is 0 Å². The molecule has 17 heavy (non-hydrogen) atoms. The van der Waals surface area contributed by atoms with Gasteiger partial charge < -0.3 is 5.73 Å². The van der Waals surface area contributed by atoms with E-state index >= 15 is 0 Å². The van der Waals surface area contributed by atoms with Gasteiger partial charge in [0, 0.05) is 16.3 Å². The molecule has 1 aromatic rings. The Labute approximate surface area is 106 Å². The molecule has 1 unspecified atom stereocenters. The smallest absolute Gasteiger partial charge is 0.0535 e. The van der Waals surface area contributed by atoms with Gasteiger partial charge in [0.25, 0.3) is 0 Å². The molecule has 1 aromatic carbocycles. The van der Waals surface area contributed by atoms with Gasteiger partial charge in [-0.25, -0.2) is 0 Å². The molecule has 0 spiro atoms. The predicted octanol–water partition coefficient (Wildman–Crippen LogP) is 3.27. The third kappa shape index (κ3) is 3.32. The number of nitrogens with two attached hydrogens (primary N) is 1. The molecule has 0 aromatic heterocycles. The van der Waals surface area contributed by atoms with Crippen LogP contribution >= 0.6 is 0 Å². The Morgan fingerprint density at radius 2 is 2.00 bits per heavy atom. The van der Waals surface area contributed by atoms with Gasteiger partial charge >= 0.3 is 0 Å². The maximum Gasteiger partial charge on any atom is 0.0535 e. The largest absolute Gasteiger partial charge is 0.399 e. The van der Waals surface area contributed by atoms with Crippen LogP contribution in [0.25, 0.3) is 0 Å². The minimum atomic E-state index is -0.883. The fourth-order valence-corrected chi connectivity index (χ4v) is 4.16. The normalized spacial score (nSPS) is 19.1. The van der Waals surface area contributed by atoms with Crippen LogP contribution in [-0.4, -0.2) is 9.96 Å². The molecule has 1 aliphatic rings. The van der Waals surface area contributed by atoms with Gasteiger partial charge in [0.15, 0.2) is 0 Å². The van der Waals surface area contributed by atoms with Gasteiger partial charge in [0.1, 0.15) is 0 Å².